The van der Waals surface area contributed by atoms with Crippen LogP contribution in [0.15, 0.2) is 18.2 Å². The van der Waals surface area contributed by atoms with Crippen LogP contribution in [0.2, 0.25) is 0 Å². The maximum absolute atomic E-state index is 12.3. The topological polar surface area (TPSA) is 72.7 Å². The Morgan fingerprint density at radius 3 is 3.06 bits per heavy atom. The van der Waals surface area contributed by atoms with Crippen molar-refractivity contribution in [1.82, 2.24) is 4.90 Å². The quantitative estimate of drug-likeness (QED) is 0.559. The summed E-state index contributed by atoms with van der Waals surface area (Å²) in [4.78, 5) is 24.3. The monoisotopic (exact) mass is 248 g/mol. The van der Waals surface area contributed by atoms with Crippen LogP contribution >= 0.6 is 0 Å². The molecule has 18 heavy (non-hydrogen) atoms. The molecule has 2 aliphatic rings. The fourth-order valence-electron chi connectivity index (χ4n) is 2.54. The van der Waals surface area contributed by atoms with Crippen molar-refractivity contribution in [3.8, 4) is 5.75 Å². The van der Waals surface area contributed by atoms with E-state index in [0.29, 0.717) is 24.5 Å². The van der Waals surface area contributed by atoms with Gasteiger partial charge in [-0.2, -0.15) is 0 Å². The Morgan fingerprint density at radius 1 is 1.44 bits per heavy atom. The van der Waals surface area contributed by atoms with Crippen LogP contribution in [-0.2, 0) is 0 Å². The second-order valence-electron chi connectivity index (χ2n) is 4.54. The van der Waals surface area contributed by atoms with E-state index < -0.39 is 4.92 Å². The summed E-state index contributed by atoms with van der Waals surface area (Å²) in [5, 5.41) is 10.7. The number of ether oxygens (including phenoxy) is 1. The maximum Gasteiger partial charge on any atom is 0.270 e. The van der Waals surface area contributed by atoms with Gasteiger partial charge in [0.2, 0.25) is 0 Å². The van der Waals surface area contributed by atoms with Gasteiger partial charge in [0.05, 0.1) is 16.5 Å². The number of fused-ring (bicyclic) bond motifs is 2. The van der Waals surface area contributed by atoms with Gasteiger partial charge in [0.1, 0.15) is 12.4 Å². The van der Waals surface area contributed by atoms with Crippen molar-refractivity contribution in [3.63, 3.8) is 0 Å². The van der Waals surface area contributed by atoms with E-state index in [2.05, 4.69) is 0 Å². The molecule has 2 aliphatic heterocycles. The molecule has 2 heterocycles. The smallest absolute Gasteiger partial charge is 0.270 e. The predicted octanol–water partition coefficient (Wildman–Crippen LogP) is 1.59. The van der Waals surface area contributed by atoms with E-state index in [-0.39, 0.29) is 17.6 Å². The van der Waals surface area contributed by atoms with E-state index in [4.69, 9.17) is 4.74 Å². The number of nitro groups is 1. The number of nitrogens with zero attached hydrogens (tertiary/aromatic N) is 2. The van der Waals surface area contributed by atoms with Crippen molar-refractivity contribution in [3.05, 3.63) is 33.9 Å². The molecular weight excluding hydrogens is 236 g/mol. The molecule has 3 rings (SSSR count). The van der Waals surface area contributed by atoms with Crippen LogP contribution < -0.4 is 4.74 Å². The molecule has 1 fully saturated rings. The number of hydrogen-bond donors (Lipinski definition) is 0. The fraction of sp³-hybridized carbons (Fsp3) is 0.417. The highest BCUT2D eigenvalue weighted by atomic mass is 16.6. The Morgan fingerprint density at radius 2 is 2.28 bits per heavy atom. The number of non-ortho nitro benzene ring substituents is 1. The molecule has 0 aliphatic carbocycles. The highest BCUT2D eigenvalue weighted by molar-refractivity contribution is 5.98. The number of nitro benzene ring substituents is 1. The second kappa shape index (κ2) is 3.97. The lowest BCUT2D eigenvalue weighted by Gasteiger charge is -2.20. The summed E-state index contributed by atoms with van der Waals surface area (Å²) in [6, 6.07) is 4.28. The molecule has 0 N–H and O–H groups in total. The summed E-state index contributed by atoms with van der Waals surface area (Å²) < 4.78 is 5.58. The number of amides is 1. The van der Waals surface area contributed by atoms with Gasteiger partial charge in [-0.15, -0.1) is 0 Å². The molecule has 0 saturated carbocycles. The summed E-state index contributed by atoms with van der Waals surface area (Å²) in [6.07, 6.45) is 1.89. The molecule has 1 saturated heterocycles. The Labute approximate surface area is 103 Å². The molecule has 6 heteroatoms. The summed E-state index contributed by atoms with van der Waals surface area (Å²) in [5.41, 5.74) is 0.219. The summed E-state index contributed by atoms with van der Waals surface area (Å²) in [5.74, 6) is 0.286. The van der Waals surface area contributed by atoms with Crippen molar-refractivity contribution in [1.29, 1.82) is 0 Å². The van der Waals surface area contributed by atoms with Crippen LogP contribution in [0.25, 0.3) is 0 Å². The normalized spacial score (nSPS) is 21.9. The van der Waals surface area contributed by atoms with Gasteiger partial charge in [-0.25, -0.2) is 0 Å². The highest BCUT2D eigenvalue weighted by Gasteiger charge is 2.34. The van der Waals surface area contributed by atoms with Gasteiger partial charge in [0.15, 0.2) is 0 Å². The highest BCUT2D eigenvalue weighted by Crippen LogP contribution is 2.31. The van der Waals surface area contributed by atoms with E-state index in [0.717, 1.165) is 12.8 Å². The molecule has 0 unspecified atom stereocenters. The van der Waals surface area contributed by atoms with E-state index in [9.17, 15) is 14.9 Å². The minimum Gasteiger partial charge on any atom is -0.491 e. The zero-order chi connectivity index (χ0) is 12.7. The number of carbonyl (C=O) groups excluding carboxylic acids is 1. The number of benzene rings is 1. The summed E-state index contributed by atoms with van der Waals surface area (Å²) in [6.45, 7) is 1.17. The maximum atomic E-state index is 12.3. The van der Waals surface area contributed by atoms with Crippen LogP contribution in [0.5, 0.6) is 5.75 Å². The lowest BCUT2D eigenvalue weighted by Crippen LogP contribution is -2.36. The molecule has 1 amide bonds. The van der Waals surface area contributed by atoms with E-state index in [1.807, 2.05) is 0 Å². The molecule has 6 nitrogen and oxygen atoms in total. The van der Waals surface area contributed by atoms with Crippen LogP contribution in [0.4, 0.5) is 5.69 Å². The Balaban J connectivity index is 2.05. The summed E-state index contributed by atoms with van der Waals surface area (Å²) >= 11 is 0. The Hall–Kier alpha value is -2.11. The molecule has 0 radical (unpaired) electrons. The van der Waals surface area contributed by atoms with Gasteiger partial charge in [-0.05, 0) is 18.9 Å². The van der Waals surface area contributed by atoms with Crippen molar-refractivity contribution in [2.75, 3.05) is 13.2 Å². The fourth-order valence-corrected chi connectivity index (χ4v) is 2.54. The number of hydrogen-bond acceptors (Lipinski definition) is 4. The number of carbonyl (C=O) groups is 1. The molecule has 1 aromatic rings. The molecule has 0 aromatic heterocycles. The van der Waals surface area contributed by atoms with Crippen molar-refractivity contribution < 1.29 is 14.5 Å². The van der Waals surface area contributed by atoms with Gasteiger partial charge >= 0.3 is 0 Å². The van der Waals surface area contributed by atoms with Gasteiger partial charge in [0, 0.05) is 18.7 Å². The molecule has 0 bridgehead atoms. The SMILES string of the molecule is O=C1c2cc([N+](=O)[O-])ccc2OC[C@@H]2CCCN12. The van der Waals surface area contributed by atoms with E-state index in [1.165, 1.54) is 18.2 Å². The van der Waals surface area contributed by atoms with Gasteiger partial charge in [-0.3, -0.25) is 14.9 Å². The second-order valence-corrected chi connectivity index (χ2v) is 4.54. The van der Waals surface area contributed by atoms with Crippen LogP contribution in [0.1, 0.15) is 23.2 Å². The first-order chi connectivity index (χ1) is 8.66. The first-order valence-electron chi connectivity index (χ1n) is 5.89. The predicted molar refractivity (Wildman–Crippen MR) is 62.6 cm³/mol. The Kier molecular flexibility index (Phi) is 2.43. The molecule has 1 aromatic carbocycles. The molecule has 0 spiro atoms. The van der Waals surface area contributed by atoms with Crippen molar-refractivity contribution >= 4 is 11.6 Å². The standard InChI is InChI=1S/C12H12N2O4/c15-12-10-6-8(14(16)17)3-4-11(10)18-7-9-2-1-5-13(9)12/h3-4,6,9H,1-2,5,7H2/t9-/m0/s1. The zero-order valence-electron chi connectivity index (χ0n) is 9.67. The minimum absolute atomic E-state index is 0.0802. The van der Waals surface area contributed by atoms with Crippen LogP contribution in [0, 0.1) is 10.1 Å². The molecule has 94 valence electrons. The minimum atomic E-state index is -0.500. The first kappa shape index (κ1) is 11.0. The van der Waals surface area contributed by atoms with E-state index >= 15 is 0 Å². The molecule has 1 atom stereocenters. The lowest BCUT2D eigenvalue weighted by atomic mass is 10.1. The summed E-state index contributed by atoms with van der Waals surface area (Å²) in [7, 11) is 0. The van der Waals surface area contributed by atoms with Crippen LogP contribution in [-0.4, -0.2) is 34.9 Å². The third kappa shape index (κ3) is 1.61. The third-order valence-corrected chi connectivity index (χ3v) is 3.47. The van der Waals surface area contributed by atoms with Crippen molar-refractivity contribution in [2.24, 2.45) is 0 Å². The van der Waals surface area contributed by atoms with Crippen LogP contribution in [0.3, 0.4) is 0 Å². The van der Waals surface area contributed by atoms with Gasteiger partial charge in [-0.1, -0.05) is 0 Å². The number of rotatable bonds is 1. The third-order valence-electron chi connectivity index (χ3n) is 3.47. The van der Waals surface area contributed by atoms with Gasteiger partial charge < -0.3 is 9.64 Å². The largest absolute Gasteiger partial charge is 0.491 e. The average molecular weight is 248 g/mol. The first-order valence-corrected chi connectivity index (χ1v) is 5.89. The lowest BCUT2D eigenvalue weighted by molar-refractivity contribution is -0.384. The average Bonchev–Trinajstić information content (AvgIpc) is 2.79. The Bertz CT molecular complexity index is 529. The molecular formula is C12H12N2O4. The van der Waals surface area contributed by atoms with E-state index in [1.54, 1.807) is 4.90 Å². The van der Waals surface area contributed by atoms with Gasteiger partial charge in [0.25, 0.3) is 11.6 Å². The van der Waals surface area contributed by atoms with Crippen molar-refractivity contribution in [2.45, 2.75) is 18.9 Å². The zero-order valence-corrected chi connectivity index (χ0v) is 9.67.